The van der Waals surface area contributed by atoms with Gasteiger partial charge in [0.2, 0.25) is 5.92 Å². The maximum Gasteiger partial charge on any atom is 0.308 e. The van der Waals surface area contributed by atoms with Gasteiger partial charge in [0, 0.05) is 6.42 Å². The van der Waals surface area contributed by atoms with Gasteiger partial charge in [0.1, 0.15) is 0 Å². The van der Waals surface area contributed by atoms with Crippen molar-refractivity contribution in [1.82, 2.24) is 0 Å². The first kappa shape index (κ1) is 14.4. The zero-order chi connectivity index (χ0) is 12.7. The van der Waals surface area contributed by atoms with Crippen LogP contribution in [0.2, 0.25) is 0 Å². The minimum absolute atomic E-state index is 0.0522. The average molecular weight is 248 g/mol. The Hall–Kier alpha value is -0.670. The van der Waals surface area contributed by atoms with E-state index < -0.39 is 5.92 Å². The largest absolute Gasteiger partial charge is 0.465 e. The molecule has 0 unspecified atom stereocenters. The van der Waals surface area contributed by atoms with Crippen LogP contribution in [-0.2, 0) is 9.53 Å². The summed E-state index contributed by atoms with van der Waals surface area (Å²) < 4.78 is 30.1. The number of rotatable bonds is 6. The molecule has 0 aromatic heterocycles. The zero-order valence-corrected chi connectivity index (χ0v) is 10.5. The number of ether oxygens (including phenoxy) is 1. The highest BCUT2D eigenvalue weighted by Crippen LogP contribution is 2.25. The summed E-state index contributed by atoms with van der Waals surface area (Å²) >= 11 is 0. The first-order chi connectivity index (χ1) is 7.99. The topological polar surface area (TPSA) is 26.3 Å². The minimum Gasteiger partial charge on any atom is -0.465 e. The number of hydrogen-bond acceptors (Lipinski definition) is 2. The van der Waals surface area contributed by atoms with E-state index in [1.165, 1.54) is 6.42 Å². The van der Waals surface area contributed by atoms with Crippen LogP contribution in [0.4, 0.5) is 8.78 Å². The van der Waals surface area contributed by atoms with Crippen molar-refractivity contribution in [3.05, 3.63) is 0 Å². The number of carbonyl (C=O) groups is 1. The summed E-state index contributed by atoms with van der Waals surface area (Å²) in [5.41, 5.74) is 0. The second kappa shape index (κ2) is 6.92. The van der Waals surface area contributed by atoms with Crippen LogP contribution in [0.5, 0.6) is 0 Å². The van der Waals surface area contributed by atoms with E-state index in [0.717, 1.165) is 32.6 Å². The highest BCUT2D eigenvalue weighted by atomic mass is 19.3. The molecule has 1 fully saturated rings. The van der Waals surface area contributed by atoms with Gasteiger partial charge in [-0.2, -0.15) is 0 Å². The summed E-state index contributed by atoms with van der Waals surface area (Å²) in [6, 6.07) is 0. The van der Waals surface area contributed by atoms with Crippen molar-refractivity contribution in [2.45, 2.75) is 64.2 Å². The van der Waals surface area contributed by atoms with E-state index in [1.807, 2.05) is 0 Å². The normalized spacial score (nSPS) is 18.1. The van der Waals surface area contributed by atoms with Gasteiger partial charge >= 0.3 is 5.97 Å². The van der Waals surface area contributed by atoms with Crippen molar-refractivity contribution in [2.75, 3.05) is 6.61 Å². The Morgan fingerprint density at radius 2 is 1.88 bits per heavy atom. The Labute approximate surface area is 102 Å². The maximum atomic E-state index is 12.5. The average Bonchev–Trinajstić information content (AvgIpc) is 2.28. The van der Waals surface area contributed by atoms with Gasteiger partial charge in [-0.05, 0) is 32.6 Å². The molecule has 100 valence electrons. The number of esters is 1. The summed E-state index contributed by atoms with van der Waals surface area (Å²) in [7, 11) is 0. The Morgan fingerprint density at radius 1 is 1.24 bits per heavy atom. The van der Waals surface area contributed by atoms with Crippen molar-refractivity contribution in [1.29, 1.82) is 0 Å². The highest BCUT2D eigenvalue weighted by molar-refractivity contribution is 5.72. The lowest BCUT2D eigenvalue weighted by Gasteiger charge is -2.19. The molecule has 0 bridgehead atoms. The number of carbonyl (C=O) groups excluding carboxylic acids is 1. The summed E-state index contributed by atoms with van der Waals surface area (Å²) in [5.74, 6) is -2.68. The molecule has 0 saturated heterocycles. The van der Waals surface area contributed by atoms with Gasteiger partial charge in [0.15, 0.2) is 0 Å². The fraction of sp³-hybridized carbons (Fsp3) is 0.923. The first-order valence-corrected chi connectivity index (χ1v) is 6.53. The molecule has 0 N–H and O–H groups in total. The molecule has 0 spiro atoms. The van der Waals surface area contributed by atoms with E-state index in [2.05, 4.69) is 0 Å². The molecule has 2 nitrogen and oxygen atoms in total. The lowest BCUT2D eigenvalue weighted by molar-refractivity contribution is -0.149. The Kier molecular flexibility index (Phi) is 5.86. The van der Waals surface area contributed by atoms with Gasteiger partial charge in [0.25, 0.3) is 0 Å². The van der Waals surface area contributed by atoms with E-state index in [-0.39, 0.29) is 24.9 Å². The van der Waals surface area contributed by atoms with Gasteiger partial charge < -0.3 is 4.74 Å². The van der Waals surface area contributed by atoms with Crippen LogP contribution in [0.3, 0.4) is 0 Å². The second-order valence-corrected chi connectivity index (χ2v) is 5.03. The standard InChI is InChI=1S/C13H22F2O2/c1-13(14,15)9-5-6-10-17-12(16)11-7-3-2-4-8-11/h11H,2-10H2,1H3. The van der Waals surface area contributed by atoms with Crippen LogP contribution in [0, 0.1) is 5.92 Å². The zero-order valence-electron chi connectivity index (χ0n) is 10.5. The number of hydrogen-bond donors (Lipinski definition) is 0. The molecule has 0 aromatic rings. The van der Waals surface area contributed by atoms with E-state index in [1.54, 1.807) is 0 Å². The quantitative estimate of drug-likeness (QED) is 0.526. The summed E-state index contributed by atoms with van der Waals surface area (Å²) in [6.07, 6.45) is 6.05. The molecule has 4 heteroatoms. The number of alkyl halides is 2. The molecule has 0 aliphatic heterocycles. The maximum absolute atomic E-state index is 12.5. The SMILES string of the molecule is CC(F)(F)CCCCOC(=O)C1CCCCC1. The highest BCUT2D eigenvalue weighted by Gasteiger charge is 2.23. The van der Waals surface area contributed by atoms with Crippen LogP contribution >= 0.6 is 0 Å². The van der Waals surface area contributed by atoms with Gasteiger partial charge in [0.05, 0.1) is 12.5 Å². The smallest absolute Gasteiger partial charge is 0.308 e. The molecule has 0 amide bonds. The lowest BCUT2D eigenvalue weighted by atomic mass is 9.89. The summed E-state index contributed by atoms with van der Waals surface area (Å²) in [6.45, 7) is 1.20. The van der Waals surface area contributed by atoms with E-state index in [4.69, 9.17) is 4.74 Å². The van der Waals surface area contributed by atoms with E-state index >= 15 is 0 Å². The molecule has 1 saturated carbocycles. The summed E-state index contributed by atoms with van der Waals surface area (Å²) in [4.78, 5) is 11.6. The summed E-state index contributed by atoms with van der Waals surface area (Å²) in [5, 5.41) is 0. The van der Waals surface area contributed by atoms with Crippen molar-refractivity contribution in [2.24, 2.45) is 5.92 Å². The van der Waals surface area contributed by atoms with Gasteiger partial charge in [-0.15, -0.1) is 0 Å². The van der Waals surface area contributed by atoms with Crippen molar-refractivity contribution < 1.29 is 18.3 Å². The van der Waals surface area contributed by atoms with Crippen LogP contribution in [0.15, 0.2) is 0 Å². The molecule has 1 rings (SSSR count). The predicted molar refractivity (Wildman–Crippen MR) is 62.0 cm³/mol. The van der Waals surface area contributed by atoms with Gasteiger partial charge in [-0.3, -0.25) is 4.79 Å². The Morgan fingerprint density at radius 3 is 2.47 bits per heavy atom. The minimum atomic E-state index is -2.60. The van der Waals surface area contributed by atoms with E-state index in [0.29, 0.717) is 12.8 Å². The first-order valence-electron chi connectivity index (χ1n) is 6.53. The monoisotopic (exact) mass is 248 g/mol. The van der Waals surface area contributed by atoms with Crippen LogP contribution in [0.25, 0.3) is 0 Å². The molecule has 0 heterocycles. The third-order valence-electron chi connectivity index (χ3n) is 3.19. The molecule has 0 radical (unpaired) electrons. The van der Waals surface area contributed by atoms with Crippen LogP contribution in [-0.4, -0.2) is 18.5 Å². The molecule has 1 aliphatic carbocycles. The van der Waals surface area contributed by atoms with Crippen LogP contribution in [0.1, 0.15) is 58.3 Å². The third-order valence-corrected chi connectivity index (χ3v) is 3.19. The molecular formula is C13H22F2O2. The lowest BCUT2D eigenvalue weighted by Crippen LogP contribution is -2.20. The van der Waals surface area contributed by atoms with Crippen molar-refractivity contribution >= 4 is 5.97 Å². The fourth-order valence-corrected chi connectivity index (χ4v) is 2.17. The van der Waals surface area contributed by atoms with Crippen LogP contribution < -0.4 is 0 Å². The molecule has 1 aliphatic rings. The molecule has 0 atom stereocenters. The molecule has 0 aromatic carbocycles. The Bertz CT molecular complexity index is 230. The number of halogens is 2. The predicted octanol–water partition coefficient (Wildman–Crippen LogP) is 3.94. The van der Waals surface area contributed by atoms with E-state index in [9.17, 15) is 13.6 Å². The van der Waals surface area contributed by atoms with Crippen molar-refractivity contribution in [3.8, 4) is 0 Å². The van der Waals surface area contributed by atoms with Gasteiger partial charge in [-0.25, -0.2) is 8.78 Å². The van der Waals surface area contributed by atoms with Gasteiger partial charge in [-0.1, -0.05) is 19.3 Å². The third kappa shape index (κ3) is 6.59. The van der Waals surface area contributed by atoms with Crippen molar-refractivity contribution in [3.63, 3.8) is 0 Å². The number of unbranched alkanes of at least 4 members (excludes halogenated alkanes) is 1. The Balaban J connectivity index is 2.04. The second-order valence-electron chi connectivity index (χ2n) is 5.03. The fourth-order valence-electron chi connectivity index (χ4n) is 2.17. The molecular weight excluding hydrogens is 226 g/mol. The molecule has 17 heavy (non-hydrogen) atoms.